The molecule has 0 saturated heterocycles. The summed E-state index contributed by atoms with van der Waals surface area (Å²) in [6, 6.07) is 5.95. The molecule has 0 heterocycles. The number of likely N-dealkylation sites (N-methyl/N-ethyl adjacent to an activating group) is 1. The van der Waals surface area contributed by atoms with E-state index in [0.29, 0.717) is 6.54 Å². The van der Waals surface area contributed by atoms with Gasteiger partial charge in [-0.3, -0.25) is 0 Å². The first-order valence-electron chi connectivity index (χ1n) is 6.77. The Morgan fingerprint density at radius 2 is 2.00 bits per heavy atom. The molecule has 0 amide bonds. The van der Waals surface area contributed by atoms with Crippen LogP contribution in [0.2, 0.25) is 5.02 Å². The van der Waals surface area contributed by atoms with Crippen molar-refractivity contribution in [3.63, 3.8) is 0 Å². The summed E-state index contributed by atoms with van der Waals surface area (Å²) in [6.45, 7) is 10.8. The number of nitrogens with zero attached hydrogens (tertiary/aromatic N) is 1. The summed E-state index contributed by atoms with van der Waals surface area (Å²) >= 11 is 6.34. The van der Waals surface area contributed by atoms with Crippen LogP contribution in [0, 0.1) is 0 Å². The molecule has 0 radical (unpaired) electrons. The summed E-state index contributed by atoms with van der Waals surface area (Å²) in [5.74, 6) is 0. The van der Waals surface area contributed by atoms with E-state index in [1.807, 2.05) is 12.1 Å². The van der Waals surface area contributed by atoms with Gasteiger partial charge in [0.15, 0.2) is 0 Å². The standard InChI is InChI=1S/C15H25ClN2O/c1-5-18(9-10-19)14-12(7-6-8-13(14)16)11-17-15(2,3)4/h6-8,17,19H,5,9-11H2,1-4H3. The van der Waals surface area contributed by atoms with E-state index in [2.05, 4.69) is 44.0 Å². The number of benzene rings is 1. The smallest absolute Gasteiger partial charge is 0.0642 e. The van der Waals surface area contributed by atoms with Crippen molar-refractivity contribution >= 4 is 17.3 Å². The Bertz CT molecular complexity index is 402. The predicted octanol–water partition coefficient (Wildman–Crippen LogP) is 3.05. The number of aliphatic hydroxyl groups excluding tert-OH is 1. The highest BCUT2D eigenvalue weighted by atomic mass is 35.5. The topological polar surface area (TPSA) is 35.5 Å². The van der Waals surface area contributed by atoms with E-state index in [4.69, 9.17) is 16.7 Å². The second-order valence-electron chi connectivity index (χ2n) is 5.65. The summed E-state index contributed by atoms with van der Waals surface area (Å²) in [4.78, 5) is 2.11. The molecule has 108 valence electrons. The third-order valence-electron chi connectivity index (χ3n) is 2.95. The Morgan fingerprint density at radius 1 is 1.32 bits per heavy atom. The maximum Gasteiger partial charge on any atom is 0.0642 e. The van der Waals surface area contributed by atoms with Crippen LogP contribution in [0.5, 0.6) is 0 Å². The molecule has 1 aromatic carbocycles. The van der Waals surface area contributed by atoms with Gasteiger partial charge in [0.05, 0.1) is 17.3 Å². The van der Waals surface area contributed by atoms with E-state index in [1.165, 1.54) is 0 Å². The molecule has 0 aliphatic heterocycles. The molecule has 0 saturated carbocycles. The Balaban J connectivity index is 3.00. The predicted molar refractivity (Wildman–Crippen MR) is 83.0 cm³/mol. The third kappa shape index (κ3) is 5.01. The second kappa shape index (κ2) is 7.13. The van der Waals surface area contributed by atoms with E-state index in [-0.39, 0.29) is 12.1 Å². The van der Waals surface area contributed by atoms with Crippen LogP contribution in [0.3, 0.4) is 0 Å². The van der Waals surface area contributed by atoms with E-state index in [9.17, 15) is 0 Å². The second-order valence-corrected chi connectivity index (χ2v) is 6.06. The molecule has 0 atom stereocenters. The van der Waals surface area contributed by atoms with Crippen LogP contribution in [0.25, 0.3) is 0 Å². The molecule has 1 rings (SSSR count). The number of para-hydroxylation sites is 1. The maximum atomic E-state index is 9.17. The number of hydrogen-bond donors (Lipinski definition) is 2. The van der Waals surface area contributed by atoms with E-state index in [1.54, 1.807) is 0 Å². The van der Waals surface area contributed by atoms with Crippen LogP contribution in [0.4, 0.5) is 5.69 Å². The van der Waals surface area contributed by atoms with Crippen LogP contribution >= 0.6 is 11.6 Å². The lowest BCUT2D eigenvalue weighted by molar-refractivity contribution is 0.302. The quantitative estimate of drug-likeness (QED) is 0.843. The van der Waals surface area contributed by atoms with Crippen molar-refractivity contribution in [1.82, 2.24) is 5.32 Å². The van der Waals surface area contributed by atoms with Crippen molar-refractivity contribution in [2.75, 3.05) is 24.6 Å². The molecule has 0 bridgehead atoms. The zero-order chi connectivity index (χ0) is 14.5. The van der Waals surface area contributed by atoms with Crippen LogP contribution < -0.4 is 10.2 Å². The minimum atomic E-state index is 0.0631. The molecule has 3 nitrogen and oxygen atoms in total. The zero-order valence-electron chi connectivity index (χ0n) is 12.3. The van der Waals surface area contributed by atoms with E-state index in [0.717, 1.165) is 29.4 Å². The van der Waals surface area contributed by atoms with Gasteiger partial charge in [-0.05, 0) is 39.3 Å². The maximum absolute atomic E-state index is 9.17. The van der Waals surface area contributed by atoms with Crippen molar-refractivity contribution < 1.29 is 5.11 Å². The highest BCUT2D eigenvalue weighted by Crippen LogP contribution is 2.30. The number of halogens is 1. The minimum absolute atomic E-state index is 0.0631. The van der Waals surface area contributed by atoms with Crippen molar-refractivity contribution in [2.24, 2.45) is 0 Å². The van der Waals surface area contributed by atoms with Gasteiger partial charge in [0.25, 0.3) is 0 Å². The highest BCUT2D eigenvalue weighted by molar-refractivity contribution is 6.33. The highest BCUT2D eigenvalue weighted by Gasteiger charge is 2.15. The van der Waals surface area contributed by atoms with Gasteiger partial charge in [-0.15, -0.1) is 0 Å². The summed E-state index contributed by atoms with van der Waals surface area (Å²) in [7, 11) is 0. The fourth-order valence-electron chi connectivity index (χ4n) is 1.97. The lowest BCUT2D eigenvalue weighted by Gasteiger charge is -2.28. The number of anilines is 1. The zero-order valence-corrected chi connectivity index (χ0v) is 13.1. The Hall–Kier alpha value is -0.770. The van der Waals surface area contributed by atoms with E-state index < -0.39 is 0 Å². The number of aliphatic hydroxyl groups is 1. The molecule has 1 aromatic rings. The molecule has 0 aliphatic carbocycles. The Morgan fingerprint density at radius 3 is 2.53 bits per heavy atom. The van der Waals surface area contributed by atoms with Gasteiger partial charge >= 0.3 is 0 Å². The molecule has 0 fully saturated rings. The molecule has 0 aliphatic rings. The molecule has 4 heteroatoms. The molecular weight excluding hydrogens is 260 g/mol. The van der Waals surface area contributed by atoms with Crippen LogP contribution in [0.1, 0.15) is 33.3 Å². The first kappa shape index (κ1) is 16.3. The average molecular weight is 285 g/mol. The first-order valence-corrected chi connectivity index (χ1v) is 7.15. The molecule has 2 N–H and O–H groups in total. The van der Waals surface area contributed by atoms with Crippen molar-refractivity contribution in [2.45, 2.75) is 39.8 Å². The summed E-state index contributed by atoms with van der Waals surface area (Å²) in [5, 5.41) is 13.4. The summed E-state index contributed by atoms with van der Waals surface area (Å²) < 4.78 is 0. The fourth-order valence-corrected chi connectivity index (χ4v) is 2.28. The van der Waals surface area contributed by atoms with E-state index >= 15 is 0 Å². The van der Waals surface area contributed by atoms with Gasteiger partial charge in [-0.2, -0.15) is 0 Å². The van der Waals surface area contributed by atoms with Crippen molar-refractivity contribution in [1.29, 1.82) is 0 Å². The lowest BCUT2D eigenvalue weighted by Crippen LogP contribution is -2.36. The molecule has 0 aromatic heterocycles. The van der Waals surface area contributed by atoms with Crippen molar-refractivity contribution in [3.8, 4) is 0 Å². The fraction of sp³-hybridized carbons (Fsp3) is 0.600. The van der Waals surface area contributed by atoms with Gasteiger partial charge in [-0.1, -0.05) is 23.7 Å². The largest absolute Gasteiger partial charge is 0.395 e. The Kier molecular flexibility index (Phi) is 6.11. The van der Waals surface area contributed by atoms with Crippen molar-refractivity contribution in [3.05, 3.63) is 28.8 Å². The van der Waals surface area contributed by atoms with Gasteiger partial charge in [0, 0.05) is 25.2 Å². The van der Waals surface area contributed by atoms with Crippen LogP contribution in [-0.2, 0) is 6.54 Å². The monoisotopic (exact) mass is 284 g/mol. The van der Waals surface area contributed by atoms with Gasteiger partial charge in [0.2, 0.25) is 0 Å². The van der Waals surface area contributed by atoms with Crippen LogP contribution in [-0.4, -0.2) is 30.3 Å². The average Bonchev–Trinajstić information content (AvgIpc) is 2.33. The number of rotatable bonds is 6. The first-order chi connectivity index (χ1) is 8.89. The van der Waals surface area contributed by atoms with Crippen LogP contribution in [0.15, 0.2) is 18.2 Å². The molecular formula is C15H25ClN2O. The SMILES string of the molecule is CCN(CCO)c1c(Cl)cccc1CNC(C)(C)C. The van der Waals surface area contributed by atoms with Gasteiger partial charge in [-0.25, -0.2) is 0 Å². The number of hydrogen-bond acceptors (Lipinski definition) is 3. The third-order valence-corrected chi connectivity index (χ3v) is 3.25. The summed E-state index contributed by atoms with van der Waals surface area (Å²) in [6.07, 6.45) is 0. The van der Waals surface area contributed by atoms with Gasteiger partial charge < -0.3 is 15.3 Å². The molecule has 0 spiro atoms. The molecule has 19 heavy (non-hydrogen) atoms. The number of nitrogens with one attached hydrogen (secondary N) is 1. The van der Waals surface area contributed by atoms with Gasteiger partial charge in [0.1, 0.15) is 0 Å². The molecule has 0 unspecified atom stereocenters. The Labute approximate surface area is 121 Å². The minimum Gasteiger partial charge on any atom is -0.395 e. The lowest BCUT2D eigenvalue weighted by atomic mass is 10.1. The normalized spacial score (nSPS) is 11.7. The summed E-state index contributed by atoms with van der Waals surface area (Å²) in [5.41, 5.74) is 2.25.